The van der Waals surface area contributed by atoms with Crippen LogP contribution in [-0.2, 0) is 51.2 Å². The zero-order valence-corrected chi connectivity index (χ0v) is 35.0. The Bertz CT molecular complexity index is 2360. The molecule has 18 heteroatoms. The molecule has 0 radical (unpaired) electrons. The number of hydrogen-bond acceptors (Lipinski definition) is 18. The van der Waals surface area contributed by atoms with Crippen LogP contribution in [0.4, 0.5) is 0 Å². The summed E-state index contributed by atoms with van der Waals surface area (Å²) in [5.74, 6) is -6.82. The van der Waals surface area contributed by atoms with E-state index in [4.69, 9.17) is 47.4 Å². The lowest BCUT2D eigenvalue weighted by atomic mass is 9.90. The molecule has 2 aromatic heterocycles. The van der Waals surface area contributed by atoms with Gasteiger partial charge in [0.25, 0.3) is 0 Å². The predicted molar refractivity (Wildman–Crippen MR) is 217 cm³/mol. The van der Waals surface area contributed by atoms with Crippen molar-refractivity contribution < 1.29 is 66.5 Å². The lowest BCUT2D eigenvalue weighted by Crippen LogP contribution is -2.79. The Hall–Kier alpha value is -7.18. The van der Waals surface area contributed by atoms with E-state index in [0.29, 0.717) is 68.0 Å². The maximum absolute atomic E-state index is 13.5. The topological polar surface area (TPSA) is 193 Å². The van der Waals surface area contributed by atoms with E-state index in [0.717, 1.165) is 24.3 Å². The number of esters is 4. The number of ether oxygens (including phenoxy) is 10. The minimum Gasteiger partial charge on any atom is -0.493 e. The van der Waals surface area contributed by atoms with Gasteiger partial charge >= 0.3 is 35.6 Å². The SMILES string of the molecule is COc1cc(-c2cncc(CN(C)C3CCN(Cc4ccnc(-c5cc(OC)c(OC)c(OC)c5)c4)C4(OC(=O)C=CC(=O)O4)C34OC(=O)C=CC(=O)O4)c2)cc(OC)c1OC. The molecule has 2 spiro atoms. The highest BCUT2D eigenvalue weighted by atomic mass is 16.8. The molecule has 1 saturated heterocycles. The summed E-state index contributed by atoms with van der Waals surface area (Å²) in [7, 11) is 10.8. The molecule has 0 bridgehead atoms. The summed E-state index contributed by atoms with van der Waals surface area (Å²) in [6, 6.07) is 11.3. The first-order valence-electron chi connectivity index (χ1n) is 19.1. The standard InChI is InChI=1S/C44H44N4O14/c1-47(24-27-16-30(23-45-22-27)28-18-32(53-2)41(57-6)33(19-28)54-3)36-13-15-48(25-26-12-14-46-31(17-26)29-20-34(55-4)42(58-7)35(21-29)56-5)44(61-39(51)10-11-40(52)62-44)43(36)59-37(49)8-9-38(50)60-43/h8-12,14,16-23,36H,13,15,24-25H2,1-7H3. The van der Waals surface area contributed by atoms with Gasteiger partial charge in [-0.15, -0.1) is 0 Å². The average molecular weight is 853 g/mol. The van der Waals surface area contributed by atoms with Gasteiger partial charge in [0.1, 0.15) is 0 Å². The molecule has 4 aromatic rings. The number of methoxy groups -OCH3 is 6. The first-order chi connectivity index (χ1) is 29.9. The van der Waals surface area contributed by atoms with E-state index in [2.05, 4.69) is 9.97 Å². The van der Waals surface area contributed by atoms with Crippen LogP contribution in [0, 0.1) is 0 Å². The van der Waals surface area contributed by atoms with Crippen LogP contribution in [0.15, 0.2) is 85.4 Å². The highest BCUT2D eigenvalue weighted by molar-refractivity contribution is 5.95. The van der Waals surface area contributed by atoms with Crippen LogP contribution in [0.1, 0.15) is 17.5 Å². The molecule has 1 unspecified atom stereocenters. The number of fused-ring (bicyclic) bond motifs is 1. The molecular weight excluding hydrogens is 808 g/mol. The van der Waals surface area contributed by atoms with Gasteiger partial charge in [-0.2, -0.15) is 0 Å². The quantitative estimate of drug-likeness (QED) is 0.173. The molecule has 0 amide bonds. The summed E-state index contributed by atoms with van der Waals surface area (Å²) in [5.41, 5.74) is 3.80. The first kappa shape index (κ1) is 42.9. The molecule has 1 fully saturated rings. The Balaban J connectivity index is 1.29. The Morgan fingerprint density at radius 2 is 1.16 bits per heavy atom. The van der Waals surface area contributed by atoms with Crippen molar-refractivity contribution in [2.75, 3.05) is 56.3 Å². The minimum absolute atomic E-state index is 0.0609. The van der Waals surface area contributed by atoms with Crippen molar-refractivity contribution in [3.05, 3.63) is 96.5 Å². The molecule has 18 nitrogen and oxygen atoms in total. The van der Waals surface area contributed by atoms with Crippen LogP contribution in [0.25, 0.3) is 22.4 Å². The monoisotopic (exact) mass is 852 g/mol. The summed E-state index contributed by atoms with van der Waals surface area (Å²) >= 11 is 0. The second kappa shape index (κ2) is 17.8. The zero-order chi connectivity index (χ0) is 44.2. The summed E-state index contributed by atoms with van der Waals surface area (Å²) in [5, 5.41) is 0. The minimum atomic E-state index is -2.66. The van der Waals surface area contributed by atoms with Gasteiger partial charge in [0.05, 0.1) is 54.4 Å². The number of rotatable bonds is 13. The average Bonchev–Trinajstić information content (AvgIpc) is 3.54. The summed E-state index contributed by atoms with van der Waals surface area (Å²) in [4.78, 5) is 66.3. The molecule has 0 aliphatic carbocycles. The molecule has 3 aliphatic heterocycles. The molecule has 3 aliphatic rings. The highest BCUT2D eigenvalue weighted by Crippen LogP contribution is 2.49. The second-order valence-corrected chi connectivity index (χ2v) is 14.2. The zero-order valence-electron chi connectivity index (χ0n) is 35.0. The molecular formula is C44H44N4O14. The van der Waals surface area contributed by atoms with E-state index in [1.54, 1.807) is 66.9 Å². The first-order valence-corrected chi connectivity index (χ1v) is 19.1. The number of likely N-dealkylation sites (tertiary alicyclic amines) is 1. The normalized spacial score (nSPS) is 18.0. The van der Waals surface area contributed by atoms with Gasteiger partial charge in [0.15, 0.2) is 23.0 Å². The van der Waals surface area contributed by atoms with Crippen LogP contribution in [0.2, 0.25) is 0 Å². The molecule has 1 atom stereocenters. The third kappa shape index (κ3) is 8.04. The highest BCUT2D eigenvalue weighted by Gasteiger charge is 2.75. The molecule has 5 heterocycles. The maximum Gasteiger partial charge on any atom is 0.404 e. The van der Waals surface area contributed by atoms with Crippen molar-refractivity contribution >= 4 is 23.9 Å². The Morgan fingerprint density at radius 3 is 1.68 bits per heavy atom. The second-order valence-electron chi connectivity index (χ2n) is 14.2. The van der Waals surface area contributed by atoms with Crippen molar-refractivity contribution in [3.8, 4) is 56.9 Å². The van der Waals surface area contributed by atoms with Gasteiger partial charge in [-0.05, 0) is 72.6 Å². The van der Waals surface area contributed by atoms with Gasteiger partial charge in [0, 0.05) is 73.7 Å². The number of aromatic nitrogens is 2. The largest absolute Gasteiger partial charge is 0.493 e. The summed E-state index contributed by atoms with van der Waals surface area (Å²) in [6.45, 7) is 0.0896. The van der Waals surface area contributed by atoms with Crippen LogP contribution in [-0.4, -0.2) is 118 Å². The number of nitrogens with zero attached hydrogens (tertiary/aromatic N) is 4. The summed E-state index contributed by atoms with van der Waals surface area (Å²) < 4.78 is 57.5. The molecule has 0 saturated carbocycles. The van der Waals surface area contributed by atoms with E-state index >= 15 is 0 Å². The van der Waals surface area contributed by atoms with E-state index in [1.807, 2.05) is 6.07 Å². The number of carbonyl (C=O) groups is 4. The van der Waals surface area contributed by atoms with Gasteiger partial charge in [0.2, 0.25) is 11.5 Å². The number of likely N-dealkylation sites (N-methyl/N-ethyl adjacent to an activating group) is 1. The van der Waals surface area contributed by atoms with Gasteiger partial charge in [-0.1, -0.05) is 0 Å². The van der Waals surface area contributed by atoms with E-state index < -0.39 is 41.6 Å². The third-order valence-corrected chi connectivity index (χ3v) is 10.6. The van der Waals surface area contributed by atoms with Gasteiger partial charge in [-0.3, -0.25) is 14.9 Å². The molecule has 2 aromatic carbocycles. The van der Waals surface area contributed by atoms with E-state index in [9.17, 15) is 19.2 Å². The Kier molecular flexibility index (Phi) is 12.3. The lowest BCUT2D eigenvalue weighted by molar-refractivity contribution is -0.434. The van der Waals surface area contributed by atoms with Crippen LogP contribution < -0.4 is 28.4 Å². The molecule has 7 rings (SSSR count). The van der Waals surface area contributed by atoms with Crippen LogP contribution >= 0.6 is 0 Å². The van der Waals surface area contributed by atoms with Crippen molar-refractivity contribution in [2.24, 2.45) is 0 Å². The van der Waals surface area contributed by atoms with E-state index in [1.165, 1.54) is 47.6 Å². The van der Waals surface area contributed by atoms with Crippen molar-refractivity contribution in [1.29, 1.82) is 0 Å². The Morgan fingerprint density at radius 1 is 0.645 bits per heavy atom. The molecule has 324 valence electrons. The fourth-order valence-corrected chi connectivity index (χ4v) is 7.86. The van der Waals surface area contributed by atoms with Crippen LogP contribution in [0.3, 0.4) is 0 Å². The Labute approximate surface area is 356 Å². The van der Waals surface area contributed by atoms with Crippen molar-refractivity contribution in [1.82, 2.24) is 19.8 Å². The molecule has 62 heavy (non-hydrogen) atoms. The lowest BCUT2D eigenvalue weighted by Gasteiger charge is -2.56. The number of carbonyl (C=O) groups excluding carboxylic acids is 4. The maximum atomic E-state index is 13.5. The van der Waals surface area contributed by atoms with E-state index in [-0.39, 0.29) is 26.1 Å². The van der Waals surface area contributed by atoms with Gasteiger partial charge in [-0.25, -0.2) is 24.1 Å². The fraction of sp³-hybridized carbons (Fsp3) is 0.318. The van der Waals surface area contributed by atoms with Crippen molar-refractivity contribution in [2.45, 2.75) is 37.3 Å². The smallest absolute Gasteiger partial charge is 0.404 e. The number of piperidine rings is 1. The summed E-state index contributed by atoms with van der Waals surface area (Å²) in [6.07, 6.45) is 8.55. The third-order valence-electron chi connectivity index (χ3n) is 10.6. The molecule has 0 N–H and O–H groups in total. The van der Waals surface area contributed by atoms with Gasteiger partial charge < -0.3 is 47.4 Å². The van der Waals surface area contributed by atoms with Crippen LogP contribution in [0.5, 0.6) is 34.5 Å². The number of pyridine rings is 2. The fourth-order valence-electron chi connectivity index (χ4n) is 7.86. The predicted octanol–water partition coefficient (Wildman–Crippen LogP) is 4.23. The number of benzene rings is 2. The van der Waals surface area contributed by atoms with Crippen molar-refractivity contribution in [3.63, 3.8) is 0 Å². The number of hydrogen-bond donors (Lipinski definition) is 0.